The number of anilines is 1. The Balaban J connectivity index is 1.43. The number of carbonyl (C=O) groups excluding carboxylic acids is 1. The number of nitrogens with zero attached hydrogens (tertiary/aromatic N) is 2. The minimum Gasteiger partial charge on any atom is -0.479 e. The Labute approximate surface area is 173 Å². The molecule has 2 aromatic rings. The Hall–Kier alpha value is -2.78. The molecular weight excluding hydrogens is 418 g/mol. The van der Waals surface area contributed by atoms with Crippen molar-refractivity contribution in [1.82, 2.24) is 5.32 Å². The number of hydrogen-bond donors (Lipinski definition) is 1. The van der Waals surface area contributed by atoms with Crippen molar-refractivity contribution >= 4 is 33.6 Å². The van der Waals surface area contributed by atoms with Gasteiger partial charge in [0.15, 0.2) is 6.61 Å². The maximum atomic E-state index is 12.1. The highest BCUT2D eigenvalue weighted by molar-refractivity contribution is 9.10. The van der Waals surface area contributed by atoms with Gasteiger partial charge in [0.25, 0.3) is 0 Å². The Morgan fingerprint density at radius 1 is 1.32 bits per heavy atom. The highest BCUT2D eigenvalue weighted by Gasteiger charge is 2.22. The van der Waals surface area contributed by atoms with E-state index in [0.717, 1.165) is 29.5 Å². The summed E-state index contributed by atoms with van der Waals surface area (Å²) >= 11 is 3.51. The van der Waals surface area contributed by atoms with Gasteiger partial charge in [-0.05, 0) is 54.3 Å². The molecule has 1 unspecified atom stereocenters. The van der Waals surface area contributed by atoms with E-state index in [0.29, 0.717) is 18.2 Å². The van der Waals surface area contributed by atoms with Crippen LogP contribution in [0.1, 0.15) is 12.0 Å². The molecule has 144 valence electrons. The first-order valence-corrected chi connectivity index (χ1v) is 9.99. The normalized spacial score (nSPS) is 16.1. The molecule has 1 fully saturated rings. The predicted octanol–water partition coefficient (Wildman–Crippen LogP) is 4.01. The van der Waals surface area contributed by atoms with E-state index in [1.807, 2.05) is 30.3 Å². The van der Waals surface area contributed by atoms with Gasteiger partial charge < -0.3 is 15.0 Å². The molecular formula is C22H22BrN3O2. The monoisotopic (exact) mass is 439 g/mol. The second-order valence-electron chi connectivity index (χ2n) is 6.67. The van der Waals surface area contributed by atoms with Crippen LogP contribution in [0.15, 0.2) is 59.1 Å². The number of nitrogens with one attached hydrogen (secondary N) is 1. The van der Waals surface area contributed by atoms with Crippen molar-refractivity contribution in [2.45, 2.75) is 6.42 Å². The molecule has 2 aromatic carbocycles. The van der Waals surface area contributed by atoms with Crippen molar-refractivity contribution in [2.75, 3.05) is 31.1 Å². The number of carbonyl (C=O) groups is 1. The lowest BCUT2D eigenvalue weighted by Crippen LogP contribution is -2.29. The standard InChI is InChI=1S/C22H22BrN3O2/c23-19-2-1-3-20(14-19)26-12-10-18(16-26)15-25-22(27)9-6-17-4-7-21(8-5-17)28-13-11-24/h1-9,14,18H,10,12-13,15-16H2,(H,25,27). The molecule has 0 spiro atoms. The quantitative estimate of drug-likeness (QED) is 0.661. The third kappa shape index (κ3) is 5.86. The smallest absolute Gasteiger partial charge is 0.244 e. The second-order valence-corrected chi connectivity index (χ2v) is 7.59. The Bertz CT molecular complexity index is 874. The number of amides is 1. The van der Waals surface area contributed by atoms with Crippen molar-refractivity contribution in [3.05, 3.63) is 64.6 Å². The van der Waals surface area contributed by atoms with Crippen LogP contribution in [0.4, 0.5) is 5.69 Å². The number of ether oxygens (including phenoxy) is 1. The largest absolute Gasteiger partial charge is 0.479 e. The van der Waals surface area contributed by atoms with Crippen LogP contribution in [0.25, 0.3) is 6.08 Å². The van der Waals surface area contributed by atoms with Gasteiger partial charge in [-0.25, -0.2) is 0 Å². The first-order chi connectivity index (χ1) is 13.6. The molecule has 1 heterocycles. The zero-order chi connectivity index (χ0) is 19.8. The summed E-state index contributed by atoms with van der Waals surface area (Å²) < 4.78 is 6.29. The summed E-state index contributed by atoms with van der Waals surface area (Å²) in [5.74, 6) is 0.998. The van der Waals surface area contributed by atoms with Gasteiger partial charge in [0.2, 0.25) is 5.91 Å². The maximum Gasteiger partial charge on any atom is 0.244 e. The average Bonchev–Trinajstić information content (AvgIpc) is 3.19. The van der Waals surface area contributed by atoms with E-state index in [1.54, 1.807) is 24.3 Å². The summed E-state index contributed by atoms with van der Waals surface area (Å²) in [6, 6.07) is 17.5. The molecule has 1 atom stereocenters. The van der Waals surface area contributed by atoms with Crippen molar-refractivity contribution in [3.8, 4) is 11.8 Å². The average molecular weight is 440 g/mol. The molecule has 1 N–H and O–H groups in total. The van der Waals surface area contributed by atoms with Crippen molar-refractivity contribution in [3.63, 3.8) is 0 Å². The van der Waals surface area contributed by atoms with E-state index in [1.165, 1.54) is 5.69 Å². The molecule has 0 saturated carbocycles. The van der Waals surface area contributed by atoms with E-state index in [2.05, 4.69) is 38.3 Å². The number of benzene rings is 2. The highest BCUT2D eigenvalue weighted by Crippen LogP contribution is 2.25. The van der Waals surface area contributed by atoms with Crippen molar-refractivity contribution in [2.24, 2.45) is 5.92 Å². The van der Waals surface area contributed by atoms with Crippen LogP contribution in [0.2, 0.25) is 0 Å². The molecule has 0 aromatic heterocycles. The van der Waals surface area contributed by atoms with Crippen LogP contribution < -0.4 is 15.0 Å². The molecule has 1 saturated heterocycles. The number of halogens is 1. The first-order valence-electron chi connectivity index (χ1n) is 9.20. The summed E-state index contributed by atoms with van der Waals surface area (Å²) in [5, 5.41) is 11.5. The lowest BCUT2D eigenvalue weighted by atomic mass is 10.1. The highest BCUT2D eigenvalue weighted by atomic mass is 79.9. The second kappa shape index (κ2) is 9.95. The Kier molecular flexibility index (Phi) is 7.10. The van der Waals surface area contributed by atoms with E-state index in [9.17, 15) is 4.79 Å². The van der Waals surface area contributed by atoms with E-state index in [-0.39, 0.29) is 12.5 Å². The molecule has 1 aliphatic heterocycles. The molecule has 3 rings (SSSR count). The molecule has 1 amide bonds. The van der Waals surface area contributed by atoms with E-state index < -0.39 is 0 Å². The van der Waals surface area contributed by atoms with Crippen LogP contribution in [-0.2, 0) is 4.79 Å². The SMILES string of the molecule is N#CCOc1ccc(C=CC(=O)NCC2CCN(c3cccc(Br)c3)C2)cc1. The molecule has 0 bridgehead atoms. The minimum atomic E-state index is -0.0919. The predicted molar refractivity (Wildman–Crippen MR) is 114 cm³/mol. The number of rotatable bonds is 7. The van der Waals surface area contributed by atoms with Gasteiger partial charge in [0.05, 0.1) is 0 Å². The fraction of sp³-hybridized carbons (Fsp3) is 0.273. The summed E-state index contributed by atoms with van der Waals surface area (Å²) in [6.07, 6.45) is 4.39. The minimum absolute atomic E-state index is 0.0255. The Morgan fingerprint density at radius 2 is 2.14 bits per heavy atom. The first kappa shape index (κ1) is 20.0. The molecule has 6 heteroatoms. The third-order valence-corrected chi connectivity index (χ3v) is 5.13. The molecule has 28 heavy (non-hydrogen) atoms. The lowest BCUT2D eigenvalue weighted by Gasteiger charge is -2.19. The fourth-order valence-corrected chi connectivity index (χ4v) is 3.56. The molecule has 0 aliphatic carbocycles. The maximum absolute atomic E-state index is 12.1. The zero-order valence-corrected chi connectivity index (χ0v) is 17.1. The summed E-state index contributed by atoms with van der Waals surface area (Å²) in [4.78, 5) is 14.5. The van der Waals surface area contributed by atoms with Gasteiger partial charge >= 0.3 is 0 Å². The van der Waals surface area contributed by atoms with Gasteiger partial charge in [-0.2, -0.15) is 5.26 Å². The third-order valence-electron chi connectivity index (χ3n) is 4.63. The van der Waals surface area contributed by atoms with Crippen LogP contribution in [0.5, 0.6) is 5.75 Å². The summed E-state index contributed by atoms with van der Waals surface area (Å²) in [7, 11) is 0. The topological polar surface area (TPSA) is 65.4 Å². The number of hydrogen-bond acceptors (Lipinski definition) is 4. The van der Waals surface area contributed by atoms with Gasteiger partial charge in [-0.1, -0.05) is 34.1 Å². The van der Waals surface area contributed by atoms with Crippen LogP contribution in [0.3, 0.4) is 0 Å². The van der Waals surface area contributed by atoms with Crippen LogP contribution in [-0.4, -0.2) is 32.1 Å². The fourth-order valence-electron chi connectivity index (χ4n) is 3.17. The van der Waals surface area contributed by atoms with Crippen molar-refractivity contribution < 1.29 is 9.53 Å². The van der Waals surface area contributed by atoms with Gasteiger partial charge in [-0.15, -0.1) is 0 Å². The van der Waals surface area contributed by atoms with Crippen molar-refractivity contribution in [1.29, 1.82) is 5.26 Å². The summed E-state index contributed by atoms with van der Waals surface area (Å²) in [5.41, 5.74) is 2.12. The Morgan fingerprint density at radius 3 is 2.89 bits per heavy atom. The molecule has 0 radical (unpaired) electrons. The zero-order valence-electron chi connectivity index (χ0n) is 15.5. The van der Waals surface area contributed by atoms with Gasteiger partial charge in [-0.3, -0.25) is 4.79 Å². The van der Waals surface area contributed by atoms with Crippen LogP contribution >= 0.6 is 15.9 Å². The lowest BCUT2D eigenvalue weighted by molar-refractivity contribution is -0.116. The van der Waals surface area contributed by atoms with E-state index in [4.69, 9.17) is 10.00 Å². The van der Waals surface area contributed by atoms with E-state index >= 15 is 0 Å². The van der Waals surface area contributed by atoms with Crippen LogP contribution in [0, 0.1) is 17.2 Å². The van der Waals surface area contributed by atoms with Gasteiger partial charge in [0, 0.05) is 35.9 Å². The van der Waals surface area contributed by atoms with Gasteiger partial charge in [0.1, 0.15) is 11.8 Å². The number of nitriles is 1. The summed E-state index contributed by atoms with van der Waals surface area (Å²) in [6.45, 7) is 2.66. The molecule has 5 nitrogen and oxygen atoms in total. The molecule has 1 aliphatic rings.